The van der Waals surface area contributed by atoms with Gasteiger partial charge in [-0.2, -0.15) is 0 Å². The number of hydrogen-bond donors (Lipinski definition) is 0. The summed E-state index contributed by atoms with van der Waals surface area (Å²) in [5.41, 5.74) is 2.81. The molecule has 3 fully saturated rings. The van der Waals surface area contributed by atoms with E-state index in [4.69, 9.17) is 4.74 Å². The summed E-state index contributed by atoms with van der Waals surface area (Å²) in [4.78, 5) is 16.2. The van der Waals surface area contributed by atoms with Gasteiger partial charge >= 0.3 is 0 Å². The minimum Gasteiger partial charge on any atom is -0.481 e. The van der Waals surface area contributed by atoms with Crippen LogP contribution in [-0.4, -0.2) is 79.2 Å². The van der Waals surface area contributed by atoms with Crippen LogP contribution in [0.5, 0.6) is 5.88 Å². The van der Waals surface area contributed by atoms with Gasteiger partial charge in [0.15, 0.2) is 0 Å². The van der Waals surface area contributed by atoms with Crippen LogP contribution in [0.15, 0.2) is 30.5 Å². The molecule has 0 bridgehead atoms. The van der Waals surface area contributed by atoms with Gasteiger partial charge in [0.1, 0.15) is 11.5 Å². The molecule has 2 aliphatic heterocycles. The molecule has 2 saturated heterocycles. The van der Waals surface area contributed by atoms with Crippen molar-refractivity contribution >= 4 is 5.69 Å². The zero-order valence-electron chi connectivity index (χ0n) is 17.9. The van der Waals surface area contributed by atoms with Crippen molar-refractivity contribution < 1.29 is 9.13 Å². The summed E-state index contributed by atoms with van der Waals surface area (Å²) >= 11 is 0. The average molecular weight is 412 g/mol. The number of pyridine rings is 2. The van der Waals surface area contributed by atoms with Crippen LogP contribution in [-0.2, 0) is 0 Å². The standard InChI is InChI=1S/C23H30FN5O/c1-27-15-23(16-27)7-6-18(13-23)28-8-10-29(11-9-28)20-12-17(24)14-25-22(20)19-4-3-5-21(26-19)30-2/h3-5,12,14,18H,6-11,13,15-16H2,1-2H3. The maximum atomic E-state index is 14.1. The molecule has 2 aromatic heterocycles. The number of piperazine rings is 1. The van der Waals surface area contributed by atoms with Crippen LogP contribution in [0, 0.1) is 11.2 Å². The Morgan fingerprint density at radius 2 is 1.97 bits per heavy atom. The summed E-state index contributed by atoms with van der Waals surface area (Å²) in [6, 6.07) is 7.89. The molecule has 0 aromatic carbocycles. The zero-order chi connectivity index (χ0) is 20.7. The van der Waals surface area contributed by atoms with Gasteiger partial charge in [0, 0.05) is 57.4 Å². The van der Waals surface area contributed by atoms with Crippen molar-refractivity contribution in [3.8, 4) is 17.3 Å². The second-order valence-corrected chi connectivity index (χ2v) is 9.18. The molecule has 0 amide bonds. The summed E-state index contributed by atoms with van der Waals surface area (Å²) in [5, 5.41) is 0. The molecule has 30 heavy (non-hydrogen) atoms. The van der Waals surface area contributed by atoms with Crippen molar-refractivity contribution in [2.24, 2.45) is 5.41 Å². The van der Waals surface area contributed by atoms with Gasteiger partial charge in [-0.1, -0.05) is 6.07 Å². The van der Waals surface area contributed by atoms with E-state index >= 15 is 0 Å². The minimum atomic E-state index is -0.314. The van der Waals surface area contributed by atoms with Crippen LogP contribution < -0.4 is 9.64 Å². The number of methoxy groups -OCH3 is 1. The molecule has 3 aliphatic rings. The second-order valence-electron chi connectivity index (χ2n) is 9.18. The third-order valence-electron chi connectivity index (χ3n) is 7.07. The predicted molar refractivity (Wildman–Crippen MR) is 115 cm³/mol. The third-order valence-corrected chi connectivity index (χ3v) is 7.07. The molecule has 1 spiro atoms. The lowest BCUT2D eigenvalue weighted by Crippen LogP contribution is -2.54. The number of likely N-dealkylation sites (tertiary alicyclic amines) is 1. The fraction of sp³-hybridized carbons (Fsp3) is 0.565. The van der Waals surface area contributed by atoms with Crippen molar-refractivity contribution in [1.29, 1.82) is 0 Å². The van der Waals surface area contributed by atoms with Crippen molar-refractivity contribution in [2.75, 3.05) is 58.3 Å². The highest BCUT2D eigenvalue weighted by Gasteiger charge is 2.48. The quantitative estimate of drug-likeness (QED) is 0.771. The highest BCUT2D eigenvalue weighted by molar-refractivity contribution is 5.73. The minimum absolute atomic E-state index is 0.314. The van der Waals surface area contributed by atoms with Crippen LogP contribution in [0.3, 0.4) is 0 Å². The first kappa shape index (κ1) is 19.7. The lowest BCUT2D eigenvalue weighted by Gasteiger charge is -2.47. The molecule has 0 radical (unpaired) electrons. The highest BCUT2D eigenvalue weighted by Crippen LogP contribution is 2.46. The van der Waals surface area contributed by atoms with E-state index in [2.05, 4.69) is 31.7 Å². The Morgan fingerprint density at radius 1 is 1.17 bits per heavy atom. The van der Waals surface area contributed by atoms with Crippen LogP contribution in [0.1, 0.15) is 19.3 Å². The smallest absolute Gasteiger partial charge is 0.213 e. The molecule has 160 valence electrons. The summed E-state index contributed by atoms with van der Waals surface area (Å²) in [7, 11) is 3.82. The van der Waals surface area contributed by atoms with Gasteiger partial charge in [0.05, 0.1) is 24.7 Å². The van der Waals surface area contributed by atoms with Crippen molar-refractivity contribution in [3.05, 3.63) is 36.3 Å². The fourth-order valence-corrected chi connectivity index (χ4v) is 5.73. The summed E-state index contributed by atoms with van der Waals surface area (Å²) in [6.07, 6.45) is 5.28. The van der Waals surface area contributed by atoms with E-state index in [1.54, 1.807) is 19.2 Å². The van der Waals surface area contributed by atoms with Crippen molar-refractivity contribution in [1.82, 2.24) is 19.8 Å². The van der Waals surface area contributed by atoms with Gasteiger partial charge < -0.3 is 14.5 Å². The van der Waals surface area contributed by atoms with Gasteiger partial charge in [0.2, 0.25) is 5.88 Å². The molecule has 2 aromatic rings. The van der Waals surface area contributed by atoms with Crippen LogP contribution >= 0.6 is 0 Å². The molecule has 1 aliphatic carbocycles. The van der Waals surface area contributed by atoms with E-state index in [1.165, 1.54) is 38.5 Å². The Labute approximate surface area is 177 Å². The molecule has 6 nitrogen and oxygen atoms in total. The maximum absolute atomic E-state index is 14.1. The normalized spacial score (nSPS) is 24.2. The monoisotopic (exact) mass is 411 g/mol. The summed E-state index contributed by atoms with van der Waals surface area (Å²) in [5.74, 6) is 0.220. The van der Waals surface area contributed by atoms with Crippen LogP contribution in [0.4, 0.5) is 10.1 Å². The first-order valence-electron chi connectivity index (χ1n) is 10.9. The highest BCUT2D eigenvalue weighted by atomic mass is 19.1. The lowest BCUT2D eigenvalue weighted by atomic mass is 9.78. The second kappa shape index (κ2) is 7.78. The Balaban J connectivity index is 1.30. The van der Waals surface area contributed by atoms with E-state index < -0.39 is 0 Å². The van der Waals surface area contributed by atoms with Gasteiger partial charge in [-0.15, -0.1) is 0 Å². The Kier molecular flexibility index (Phi) is 5.11. The number of aromatic nitrogens is 2. The van der Waals surface area contributed by atoms with E-state index in [9.17, 15) is 4.39 Å². The molecule has 1 saturated carbocycles. The number of ether oxygens (including phenoxy) is 1. The van der Waals surface area contributed by atoms with Crippen LogP contribution in [0.25, 0.3) is 11.4 Å². The molecule has 7 heteroatoms. The number of anilines is 1. The molecule has 4 heterocycles. The van der Waals surface area contributed by atoms with E-state index in [1.807, 2.05) is 12.1 Å². The van der Waals surface area contributed by atoms with Gasteiger partial charge in [-0.3, -0.25) is 4.90 Å². The topological polar surface area (TPSA) is 44.7 Å². The number of halogens is 1. The third kappa shape index (κ3) is 3.65. The van der Waals surface area contributed by atoms with Crippen molar-refractivity contribution in [2.45, 2.75) is 25.3 Å². The SMILES string of the molecule is COc1cccc(-c2ncc(F)cc2N2CCN(C3CCC4(C3)CN(C)C4)CC2)n1. The van der Waals surface area contributed by atoms with Crippen LogP contribution in [0.2, 0.25) is 0 Å². The Bertz CT molecular complexity index is 908. The predicted octanol–water partition coefficient (Wildman–Crippen LogP) is 2.90. The molecule has 1 unspecified atom stereocenters. The number of hydrogen-bond acceptors (Lipinski definition) is 6. The summed E-state index contributed by atoms with van der Waals surface area (Å²) < 4.78 is 19.4. The fourth-order valence-electron chi connectivity index (χ4n) is 5.73. The number of rotatable bonds is 4. The summed E-state index contributed by atoms with van der Waals surface area (Å²) in [6.45, 7) is 6.30. The lowest BCUT2D eigenvalue weighted by molar-refractivity contribution is 0.0204. The largest absolute Gasteiger partial charge is 0.481 e. The Morgan fingerprint density at radius 3 is 2.70 bits per heavy atom. The molecular weight excluding hydrogens is 381 g/mol. The molecular formula is C23H30FN5O. The first-order chi connectivity index (χ1) is 14.5. The number of nitrogens with zero attached hydrogens (tertiary/aromatic N) is 5. The maximum Gasteiger partial charge on any atom is 0.213 e. The van der Waals surface area contributed by atoms with Crippen molar-refractivity contribution in [3.63, 3.8) is 0 Å². The molecule has 5 rings (SSSR count). The van der Waals surface area contributed by atoms with Gasteiger partial charge in [0.25, 0.3) is 0 Å². The van der Waals surface area contributed by atoms with Gasteiger partial charge in [-0.25, -0.2) is 14.4 Å². The first-order valence-corrected chi connectivity index (χ1v) is 10.9. The Hall–Kier alpha value is -2.25. The molecule has 1 atom stereocenters. The van der Waals surface area contributed by atoms with E-state index in [0.717, 1.165) is 31.9 Å². The van der Waals surface area contributed by atoms with Gasteiger partial charge in [-0.05, 0) is 37.8 Å². The molecule has 0 N–H and O–H groups in total. The average Bonchev–Trinajstić information content (AvgIpc) is 3.19. The van der Waals surface area contributed by atoms with E-state index in [0.29, 0.717) is 28.7 Å². The zero-order valence-corrected chi connectivity index (χ0v) is 17.9. The van der Waals surface area contributed by atoms with E-state index in [-0.39, 0.29) is 5.82 Å².